The van der Waals surface area contributed by atoms with E-state index in [1.165, 1.54) is 6.07 Å². The van der Waals surface area contributed by atoms with Crippen molar-refractivity contribution in [3.63, 3.8) is 0 Å². The Morgan fingerprint density at radius 3 is 2.64 bits per heavy atom. The zero-order chi connectivity index (χ0) is 8.27. The van der Waals surface area contributed by atoms with Crippen LogP contribution in [0.2, 0.25) is 0 Å². The fourth-order valence-corrected chi connectivity index (χ4v) is 1.01. The molecule has 1 rings (SSSR count). The Bertz CT molecular complexity index is 239. The molecule has 3 heteroatoms. The van der Waals surface area contributed by atoms with Gasteiger partial charge in [0.15, 0.2) is 0 Å². The van der Waals surface area contributed by atoms with E-state index in [1.807, 2.05) is 0 Å². The van der Waals surface area contributed by atoms with Crippen LogP contribution >= 0.6 is 11.6 Å². The maximum atomic E-state index is 12.9. The highest BCUT2D eigenvalue weighted by Gasteiger charge is 2.08. The third-order valence-electron chi connectivity index (χ3n) is 1.43. The SMILES string of the molecule is CNC(Cl)c1ccccc1F. The van der Waals surface area contributed by atoms with Crippen LogP contribution in [-0.2, 0) is 0 Å². The summed E-state index contributed by atoms with van der Waals surface area (Å²) < 4.78 is 12.9. The molecule has 0 aromatic heterocycles. The predicted octanol–water partition coefficient (Wildman–Crippen LogP) is 2.28. The molecule has 1 atom stereocenters. The van der Waals surface area contributed by atoms with Gasteiger partial charge in [-0.05, 0) is 13.1 Å². The third kappa shape index (κ3) is 1.91. The molecule has 0 saturated carbocycles. The van der Waals surface area contributed by atoms with E-state index in [4.69, 9.17) is 11.6 Å². The molecule has 0 aliphatic rings. The highest BCUT2D eigenvalue weighted by molar-refractivity contribution is 6.20. The first kappa shape index (κ1) is 8.50. The first-order chi connectivity index (χ1) is 5.25. The highest BCUT2D eigenvalue weighted by atomic mass is 35.5. The van der Waals surface area contributed by atoms with Gasteiger partial charge in [0.1, 0.15) is 11.3 Å². The second-order valence-electron chi connectivity index (χ2n) is 2.17. The van der Waals surface area contributed by atoms with E-state index in [0.717, 1.165) is 0 Å². The summed E-state index contributed by atoms with van der Waals surface area (Å²) in [6.45, 7) is 0. The predicted molar refractivity (Wildman–Crippen MR) is 44.1 cm³/mol. The smallest absolute Gasteiger partial charge is 0.129 e. The van der Waals surface area contributed by atoms with Crippen molar-refractivity contribution in [2.45, 2.75) is 5.50 Å². The van der Waals surface area contributed by atoms with Crippen molar-refractivity contribution in [2.24, 2.45) is 0 Å². The Morgan fingerprint density at radius 2 is 2.09 bits per heavy atom. The monoisotopic (exact) mass is 173 g/mol. The number of alkyl halides is 1. The molecule has 0 bridgehead atoms. The van der Waals surface area contributed by atoms with E-state index in [9.17, 15) is 4.39 Å². The van der Waals surface area contributed by atoms with Gasteiger partial charge >= 0.3 is 0 Å². The van der Waals surface area contributed by atoms with Crippen LogP contribution in [0, 0.1) is 5.82 Å². The minimum absolute atomic E-state index is 0.276. The van der Waals surface area contributed by atoms with Crippen molar-refractivity contribution in [2.75, 3.05) is 7.05 Å². The molecule has 60 valence electrons. The molecule has 0 fully saturated rings. The van der Waals surface area contributed by atoms with Gasteiger partial charge in [-0.2, -0.15) is 0 Å². The maximum absolute atomic E-state index is 12.9. The highest BCUT2D eigenvalue weighted by Crippen LogP contribution is 2.19. The fourth-order valence-electron chi connectivity index (χ4n) is 0.836. The van der Waals surface area contributed by atoms with Crippen LogP contribution in [0.15, 0.2) is 24.3 Å². The molecule has 1 N–H and O–H groups in total. The minimum Gasteiger partial charge on any atom is -0.301 e. The normalized spacial score (nSPS) is 13.0. The van der Waals surface area contributed by atoms with E-state index >= 15 is 0 Å². The zero-order valence-electron chi connectivity index (χ0n) is 6.14. The largest absolute Gasteiger partial charge is 0.301 e. The number of hydrogen-bond acceptors (Lipinski definition) is 1. The van der Waals surface area contributed by atoms with Crippen molar-refractivity contribution >= 4 is 11.6 Å². The van der Waals surface area contributed by atoms with Gasteiger partial charge in [-0.25, -0.2) is 4.39 Å². The molecular formula is C8H9ClFN. The van der Waals surface area contributed by atoms with Crippen LogP contribution < -0.4 is 5.32 Å². The zero-order valence-corrected chi connectivity index (χ0v) is 6.90. The Morgan fingerprint density at radius 1 is 1.45 bits per heavy atom. The van der Waals surface area contributed by atoms with Crippen LogP contribution in [0.4, 0.5) is 4.39 Å². The van der Waals surface area contributed by atoms with Crippen molar-refractivity contribution in [3.05, 3.63) is 35.6 Å². The number of rotatable bonds is 2. The molecule has 1 aromatic carbocycles. The first-order valence-electron chi connectivity index (χ1n) is 3.31. The second kappa shape index (κ2) is 3.69. The van der Waals surface area contributed by atoms with Crippen LogP contribution in [0.3, 0.4) is 0 Å². The maximum Gasteiger partial charge on any atom is 0.129 e. The van der Waals surface area contributed by atoms with E-state index in [-0.39, 0.29) is 5.82 Å². The molecule has 0 aliphatic carbocycles. The lowest BCUT2D eigenvalue weighted by atomic mass is 10.2. The molecule has 1 unspecified atom stereocenters. The lowest BCUT2D eigenvalue weighted by Gasteiger charge is -2.08. The number of nitrogens with one attached hydrogen (secondary N) is 1. The van der Waals surface area contributed by atoms with Crippen molar-refractivity contribution < 1.29 is 4.39 Å². The third-order valence-corrected chi connectivity index (χ3v) is 1.89. The summed E-state index contributed by atoms with van der Waals surface area (Å²) in [7, 11) is 1.68. The Balaban J connectivity index is 2.93. The van der Waals surface area contributed by atoms with Crippen LogP contribution in [0.1, 0.15) is 11.1 Å². The topological polar surface area (TPSA) is 12.0 Å². The van der Waals surface area contributed by atoms with Crippen molar-refractivity contribution in [1.29, 1.82) is 0 Å². The van der Waals surface area contributed by atoms with Crippen LogP contribution in [0.25, 0.3) is 0 Å². The standard InChI is InChI=1S/C8H9ClFN/c1-11-8(9)6-4-2-3-5-7(6)10/h2-5,8,11H,1H3. The fraction of sp³-hybridized carbons (Fsp3) is 0.250. The molecule has 0 saturated heterocycles. The van der Waals surface area contributed by atoms with E-state index in [1.54, 1.807) is 25.2 Å². The van der Waals surface area contributed by atoms with Crippen LogP contribution in [-0.4, -0.2) is 7.05 Å². The van der Waals surface area contributed by atoms with E-state index in [0.29, 0.717) is 5.56 Å². The molecule has 0 spiro atoms. The summed E-state index contributed by atoms with van der Waals surface area (Å²) >= 11 is 5.74. The van der Waals surface area contributed by atoms with E-state index < -0.39 is 5.50 Å². The van der Waals surface area contributed by atoms with Gasteiger partial charge in [0, 0.05) is 5.56 Å². The van der Waals surface area contributed by atoms with Gasteiger partial charge in [0.25, 0.3) is 0 Å². The van der Waals surface area contributed by atoms with Gasteiger partial charge in [-0.1, -0.05) is 18.2 Å². The summed E-state index contributed by atoms with van der Waals surface area (Å²) in [4.78, 5) is 0. The second-order valence-corrected chi connectivity index (χ2v) is 2.61. The van der Waals surface area contributed by atoms with Gasteiger partial charge in [0.05, 0.1) is 0 Å². The summed E-state index contributed by atoms with van der Waals surface area (Å²) in [5.41, 5.74) is 0.0351. The minimum atomic E-state index is -0.448. The van der Waals surface area contributed by atoms with Gasteiger partial charge < -0.3 is 5.32 Å². The lowest BCUT2D eigenvalue weighted by Crippen LogP contribution is -2.11. The molecule has 1 nitrogen and oxygen atoms in total. The van der Waals surface area contributed by atoms with E-state index in [2.05, 4.69) is 5.32 Å². The molecule has 1 aromatic rings. The average Bonchev–Trinajstić information content (AvgIpc) is 2.04. The Hall–Kier alpha value is -0.600. The number of halogens is 2. The Labute approximate surface area is 70.2 Å². The molecular weight excluding hydrogens is 165 g/mol. The summed E-state index contributed by atoms with van der Waals surface area (Å²) in [5, 5.41) is 2.75. The molecule has 11 heavy (non-hydrogen) atoms. The van der Waals surface area contributed by atoms with Crippen molar-refractivity contribution in [1.82, 2.24) is 5.32 Å². The average molecular weight is 174 g/mol. The summed E-state index contributed by atoms with van der Waals surface area (Å²) in [6.07, 6.45) is 0. The molecule has 0 radical (unpaired) electrons. The molecule has 0 heterocycles. The summed E-state index contributed by atoms with van der Waals surface area (Å²) in [6, 6.07) is 6.44. The summed E-state index contributed by atoms with van der Waals surface area (Å²) in [5.74, 6) is -0.276. The molecule has 0 aliphatic heterocycles. The van der Waals surface area contributed by atoms with Crippen molar-refractivity contribution in [3.8, 4) is 0 Å². The number of benzene rings is 1. The Kier molecular flexibility index (Phi) is 2.85. The van der Waals surface area contributed by atoms with Gasteiger partial charge in [0.2, 0.25) is 0 Å². The quantitative estimate of drug-likeness (QED) is 0.535. The van der Waals surface area contributed by atoms with Crippen LogP contribution in [0.5, 0.6) is 0 Å². The first-order valence-corrected chi connectivity index (χ1v) is 3.75. The molecule has 0 amide bonds. The van der Waals surface area contributed by atoms with Gasteiger partial charge in [-0.3, -0.25) is 0 Å². The number of hydrogen-bond donors (Lipinski definition) is 1. The van der Waals surface area contributed by atoms with Gasteiger partial charge in [-0.15, -0.1) is 11.6 Å². The lowest BCUT2D eigenvalue weighted by molar-refractivity contribution is 0.596.